The summed E-state index contributed by atoms with van der Waals surface area (Å²) >= 11 is 0. The summed E-state index contributed by atoms with van der Waals surface area (Å²) in [6.07, 6.45) is 7.98. The Morgan fingerprint density at radius 1 is 1.18 bits per heavy atom. The zero-order chi connectivity index (χ0) is 15.2. The zero-order valence-electron chi connectivity index (χ0n) is 12.1. The number of carbonyl (C=O) groups excluding carboxylic acids is 1. The molecule has 0 aliphatic rings. The summed E-state index contributed by atoms with van der Waals surface area (Å²) in [6.45, 7) is 1.38. The second-order valence-corrected chi connectivity index (χ2v) is 4.91. The molecule has 1 aromatic carbocycles. The van der Waals surface area contributed by atoms with E-state index in [4.69, 9.17) is 0 Å². The van der Waals surface area contributed by atoms with Crippen molar-refractivity contribution in [3.63, 3.8) is 0 Å². The van der Waals surface area contributed by atoms with Crippen molar-refractivity contribution < 1.29 is 4.79 Å². The van der Waals surface area contributed by atoms with Crippen LogP contribution in [0.25, 0.3) is 10.8 Å². The molecule has 0 unspecified atom stereocenters. The molecule has 22 heavy (non-hydrogen) atoms. The van der Waals surface area contributed by atoms with Crippen molar-refractivity contribution in [2.75, 3.05) is 11.9 Å². The number of rotatable bonds is 5. The van der Waals surface area contributed by atoms with Crippen molar-refractivity contribution in [2.24, 2.45) is 0 Å². The monoisotopic (exact) mass is 295 g/mol. The molecule has 0 fully saturated rings. The normalized spacial score (nSPS) is 10.5. The number of carbonyl (C=O) groups is 1. The van der Waals surface area contributed by atoms with Gasteiger partial charge in [-0.2, -0.15) is 5.10 Å². The molecule has 0 aliphatic carbocycles. The fraction of sp³-hybridized carbons (Fsp3) is 0.188. The molecular formula is C16H17N5O. The molecule has 0 bridgehead atoms. The maximum Gasteiger partial charge on any atom is 0.319 e. The molecule has 112 valence electrons. The van der Waals surface area contributed by atoms with Gasteiger partial charge in [-0.15, -0.1) is 0 Å². The Balaban J connectivity index is 1.52. The average molecular weight is 295 g/mol. The van der Waals surface area contributed by atoms with Gasteiger partial charge in [0.1, 0.15) is 0 Å². The van der Waals surface area contributed by atoms with E-state index in [9.17, 15) is 4.79 Å². The van der Waals surface area contributed by atoms with Crippen molar-refractivity contribution in [2.45, 2.75) is 13.0 Å². The maximum absolute atomic E-state index is 12.0. The number of aryl methyl sites for hydroxylation is 1. The van der Waals surface area contributed by atoms with Gasteiger partial charge in [-0.1, -0.05) is 12.1 Å². The highest BCUT2D eigenvalue weighted by atomic mass is 16.2. The molecule has 6 nitrogen and oxygen atoms in total. The average Bonchev–Trinajstić information content (AvgIpc) is 3.05. The van der Waals surface area contributed by atoms with Crippen molar-refractivity contribution in [3.05, 3.63) is 55.1 Å². The molecule has 0 saturated carbocycles. The Kier molecular flexibility index (Phi) is 4.29. The zero-order valence-corrected chi connectivity index (χ0v) is 12.1. The largest absolute Gasteiger partial charge is 0.338 e. The van der Waals surface area contributed by atoms with E-state index in [0.717, 1.165) is 29.4 Å². The lowest BCUT2D eigenvalue weighted by Gasteiger charge is -2.10. The highest BCUT2D eigenvalue weighted by Crippen LogP contribution is 2.21. The minimum absolute atomic E-state index is 0.204. The van der Waals surface area contributed by atoms with E-state index < -0.39 is 0 Å². The molecule has 2 aromatic heterocycles. The van der Waals surface area contributed by atoms with Crippen LogP contribution in [0.4, 0.5) is 10.5 Å². The first-order chi connectivity index (χ1) is 10.8. The van der Waals surface area contributed by atoms with E-state index in [-0.39, 0.29) is 6.03 Å². The lowest BCUT2D eigenvalue weighted by molar-refractivity contribution is 0.251. The van der Waals surface area contributed by atoms with Gasteiger partial charge in [-0.25, -0.2) is 4.79 Å². The second-order valence-electron chi connectivity index (χ2n) is 4.91. The SMILES string of the molecule is O=C(NCCCn1cccn1)Nc1cccc2cnccc12. The number of aromatic nitrogens is 3. The minimum Gasteiger partial charge on any atom is -0.338 e. The van der Waals surface area contributed by atoms with Crippen LogP contribution in [0.1, 0.15) is 6.42 Å². The second kappa shape index (κ2) is 6.71. The first-order valence-corrected chi connectivity index (χ1v) is 7.18. The molecule has 0 atom stereocenters. The summed E-state index contributed by atoms with van der Waals surface area (Å²) in [4.78, 5) is 16.0. The molecule has 2 amide bonds. The standard InChI is InChI=1S/C16H17N5O/c22-16(18-7-2-10-21-11-3-8-19-21)20-15-5-1-4-13-12-17-9-6-14(13)15/h1,3-6,8-9,11-12H,2,7,10H2,(H2,18,20,22). The predicted molar refractivity (Wildman–Crippen MR) is 85.6 cm³/mol. The predicted octanol–water partition coefficient (Wildman–Crippen LogP) is 2.64. The highest BCUT2D eigenvalue weighted by Gasteiger charge is 2.04. The number of amides is 2. The number of pyridine rings is 1. The summed E-state index contributed by atoms with van der Waals surface area (Å²) in [5.41, 5.74) is 0.782. The van der Waals surface area contributed by atoms with E-state index >= 15 is 0 Å². The number of anilines is 1. The van der Waals surface area contributed by atoms with Gasteiger partial charge in [0.15, 0.2) is 0 Å². The van der Waals surface area contributed by atoms with Crippen molar-refractivity contribution in [1.29, 1.82) is 0 Å². The summed E-state index contributed by atoms with van der Waals surface area (Å²) in [5, 5.41) is 11.8. The van der Waals surface area contributed by atoms with Crippen LogP contribution in [0.2, 0.25) is 0 Å². The number of urea groups is 1. The first-order valence-electron chi connectivity index (χ1n) is 7.18. The van der Waals surface area contributed by atoms with Crippen molar-refractivity contribution in [1.82, 2.24) is 20.1 Å². The number of fused-ring (bicyclic) bond motifs is 1. The highest BCUT2D eigenvalue weighted by molar-refractivity contribution is 6.01. The molecule has 0 radical (unpaired) electrons. The van der Waals surface area contributed by atoms with Gasteiger partial charge in [0, 0.05) is 48.6 Å². The van der Waals surface area contributed by atoms with Gasteiger partial charge >= 0.3 is 6.03 Å². The number of nitrogens with one attached hydrogen (secondary N) is 2. The Morgan fingerprint density at radius 3 is 3.00 bits per heavy atom. The van der Waals surface area contributed by atoms with Crippen LogP contribution in [-0.2, 0) is 6.54 Å². The van der Waals surface area contributed by atoms with Gasteiger partial charge in [0.05, 0.1) is 5.69 Å². The van der Waals surface area contributed by atoms with E-state index in [2.05, 4.69) is 20.7 Å². The van der Waals surface area contributed by atoms with Crippen LogP contribution in [-0.4, -0.2) is 27.3 Å². The van der Waals surface area contributed by atoms with E-state index in [1.165, 1.54) is 0 Å². The third kappa shape index (κ3) is 3.41. The topological polar surface area (TPSA) is 71.8 Å². The molecule has 2 heterocycles. The number of hydrogen-bond acceptors (Lipinski definition) is 3. The summed E-state index contributed by atoms with van der Waals surface area (Å²) < 4.78 is 1.84. The van der Waals surface area contributed by atoms with Crippen molar-refractivity contribution >= 4 is 22.5 Å². The van der Waals surface area contributed by atoms with Crippen molar-refractivity contribution in [3.8, 4) is 0 Å². The van der Waals surface area contributed by atoms with Crippen LogP contribution < -0.4 is 10.6 Å². The fourth-order valence-electron chi connectivity index (χ4n) is 2.27. The van der Waals surface area contributed by atoms with E-state index in [1.54, 1.807) is 18.6 Å². The molecular weight excluding hydrogens is 278 g/mol. The Hall–Kier alpha value is -2.89. The Labute approximate surface area is 128 Å². The molecule has 0 spiro atoms. The van der Waals surface area contributed by atoms with E-state index in [0.29, 0.717) is 6.54 Å². The Bertz CT molecular complexity index is 749. The molecule has 3 aromatic rings. The van der Waals surface area contributed by atoms with Crippen LogP contribution in [0.5, 0.6) is 0 Å². The summed E-state index contributed by atoms with van der Waals surface area (Å²) in [5.74, 6) is 0. The Morgan fingerprint density at radius 2 is 2.14 bits per heavy atom. The maximum atomic E-state index is 12.0. The smallest absolute Gasteiger partial charge is 0.319 e. The quantitative estimate of drug-likeness (QED) is 0.711. The van der Waals surface area contributed by atoms with E-state index in [1.807, 2.05) is 41.2 Å². The van der Waals surface area contributed by atoms with Gasteiger partial charge in [0.2, 0.25) is 0 Å². The van der Waals surface area contributed by atoms with Gasteiger partial charge in [-0.3, -0.25) is 9.67 Å². The van der Waals surface area contributed by atoms with Crippen LogP contribution in [0, 0.1) is 0 Å². The van der Waals surface area contributed by atoms with Crippen LogP contribution in [0.3, 0.4) is 0 Å². The molecule has 2 N–H and O–H groups in total. The lowest BCUT2D eigenvalue weighted by atomic mass is 10.1. The molecule has 6 heteroatoms. The fourth-order valence-corrected chi connectivity index (χ4v) is 2.27. The molecule has 0 aliphatic heterocycles. The van der Waals surface area contributed by atoms with Crippen LogP contribution in [0.15, 0.2) is 55.1 Å². The number of benzene rings is 1. The van der Waals surface area contributed by atoms with Crippen LogP contribution >= 0.6 is 0 Å². The van der Waals surface area contributed by atoms with Gasteiger partial charge in [0.25, 0.3) is 0 Å². The number of nitrogens with zero attached hydrogens (tertiary/aromatic N) is 3. The number of hydrogen-bond donors (Lipinski definition) is 2. The first kappa shape index (κ1) is 14.1. The lowest BCUT2D eigenvalue weighted by Crippen LogP contribution is -2.30. The van der Waals surface area contributed by atoms with Gasteiger partial charge < -0.3 is 10.6 Å². The third-order valence-corrected chi connectivity index (χ3v) is 3.34. The third-order valence-electron chi connectivity index (χ3n) is 3.34. The molecule has 0 saturated heterocycles. The minimum atomic E-state index is -0.204. The van der Waals surface area contributed by atoms with Gasteiger partial charge in [-0.05, 0) is 24.6 Å². The summed E-state index contributed by atoms with van der Waals surface area (Å²) in [6, 6.07) is 9.32. The summed E-state index contributed by atoms with van der Waals surface area (Å²) in [7, 11) is 0. The molecule has 3 rings (SSSR count).